The lowest BCUT2D eigenvalue weighted by atomic mass is 10.1. The Morgan fingerprint density at radius 1 is 1.35 bits per heavy atom. The second-order valence-electron chi connectivity index (χ2n) is 5.27. The zero-order valence-electron chi connectivity index (χ0n) is 10.9. The van der Waals surface area contributed by atoms with E-state index in [0.717, 1.165) is 0 Å². The second kappa shape index (κ2) is 4.46. The van der Waals surface area contributed by atoms with E-state index in [1.54, 1.807) is 40.8 Å². The molecule has 17 heavy (non-hydrogen) atoms. The number of nitrogens with zero attached hydrogens (tertiary/aromatic N) is 2. The monoisotopic (exact) mass is 241 g/mol. The van der Waals surface area contributed by atoms with Crippen molar-refractivity contribution in [3.8, 4) is 0 Å². The van der Waals surface area contributed by atoms with Gasteiger partial charge in [0.05, 0.1) is 5.69 Å². The van der Waals surface area contributed by atoms with Crippen LogP contribution in [-0.2, 0) is 15.2 Å². The van der Waals surface area contributed by atoms with Gasteiger partial charge in [-0.25, -0.2) is 20.2 Å². The van der Waals surface area contributed by atoms with E-state index in [0.29, 0.717) is 5.69 Å². The van der Waals surface area contributed by atoms with Gasteiger partial charge in [-0.15, -0.1) is 0 Å². The zero-order valence-corrected chi connectivity index (χ0v) is 10.9. The first-order valence-electron chi connectivity index (χ1n) is 5.31. The molecule has 0 saturated carbocycles. The van der Waals surface area contributed by atoms with Crippen LogP contribution in [0.15, 0.2) is 12.5 Å². The molecule has 0 atom stereocenters. The van der Waals surface area contributed by atoms with Crippen molar-refractivity contribution in [1.82, 2.24) is 9.55 Å². The molecule has 1 aromatic heterocycles. The zero-order chi connectivity index (χ0) is 13.3. The van der Waals surface area contributed by atoms with Crippen molar-refractivity contribution >= 4 is 6.09 Å². The molecule has 0 unspecified atom stereocenters. The van der Waals surface area contributed by atoms with Crippen molar-refractivity contribution < 1.29 is 14.4 Å². The summed E-state index contributed by atoms with van der Waals surface area (Å²) >= 11 is 0. The predicted molar refractivity (Wildman–Crippen MR) is 62.2 cm³/mol. The molecule has 0 bridgehead atoms. The van der Waals surface area contributed by atoms with E-state index in [1.807, 2.05) is 0 Å². The molecule has 1 heterocycles. The van der Waals surface area contributed by atoms with Crippen molar-refractivity contribution in [2.24, 2.45) is 5.90 Å². The van der Waals surface area contributed by atoms with Crippen LogP contribution in [0.2, 0.25) is 0 Å². The summed E-state index contributed by atoms with van der Waals surface area (Å²) in [5.74, 6) is 5.16. The highest BCUT2D eigenvalue weighted by molar-refractivity contribution is 5.70. The summed E-state index contributed by atoms with van der Waals surface area (Å²) in [5.41, 5.74) is -0.722. The first kappa shape index (κ1) is 13.7. The standard InChI is InChI=1S/C11H19N3O3/c1-10(2,3)16-9(15)14-6-8(13-7-14)11(4,5)17-12/h6-7H,12H2,1-5H3. The Hall–Kier alpha value is -1.40. The molecule has 0 spiro atoms. The van der Waals surface area contributed by atoms with Gasteiger partial charge in [0, 0.05) is 6.20 Å². The second-order valence-corrected chi connectivity index (χ2v) is 5.27. The fourth-order valence-electron chi connectivity index (χ4n) is 1.11. The van der Waals surface area contributed by atoms with Crippen molar-refractivity contribution in [3.05, 3.63) is 18.2 Å². The average Bonchev–Trinajstić information content (AvgIpc) is 2.64. The summed E-state index contributed by atoms with van der Waals surface area (Å²) in [6, 6.07) is 0. The third kappa shape index (κ3) is 3.54. The normalized spacial score (nSPS) is 12.6. The van der Waals surface area contributed by atoms with E-state index in [9.17, 15) is 4.79 Å². The predicted octanol–water partition coefficient (Wildman–Crippen LogP) is 1.79. The molecule has 0 aliphatic carbocycles. The summed E-state index contributed by atoms with van der Waals surface area (Å²) in [7, 11) is 0. The molecule has 1 rings (SSSR count). The van der Waals surface area contributed by atoms with Crippen molar-refractivity contribution in [2.75, 3.05) is 0 Å². The van der Waals surface area contributed by atoms with Gasteiger partial charge < -0.3 is 4.74 Å². The minimum absolute atomic E-state index is 0.482. The van der Waals surface area contributed by atoms with E-state index >= 15 is 0 Å². The van der Waals surface area contributed by atoms with Crippen LogP contribution in [0.5, 0.6) is 0 Å². The molecule has 6 nitrogen and oxygen atoms in total. The third-order valence-electron chi connectivity index (χ3n) is 2.10. The van der Waals surface area contributed by atoms with Crippen LogP contribution >= 0.6 is 0 Å². The van der Waals surface area contributed by atoms with E-state index < -0.39 is 17.3 Å². The minimum Gasteiger partial charge on any atom is -0.443 e. The lowest BCUT2D eigenvalue weighted by molar-refractivity contribution is -0.0266. The highest BCUT2D eigenvalue weighted by atomic mass is 16.6. The van der Waals surface area contributed by atoms with E-state index in [1.165, 1.54) is 10.9 Å². The Kier molecular flexibility index (Phi) is 3.59. The summed E-state index contributed by atoms with van der Waals surface area (Å²) in [5, 5.41) is 0. The Balaban J connectivity index is 2.85. The maximum absolute atomic E-state index is 11.7. The van der Waals surface area contributed by atoms with Gasteiger partial charge in [-0.1, -0.05) is 0 Å². The van der Waals surface area contributed by atoms with Crippen molar-refractivity contribution in [2.45, 2.75) is 45.8 Å². The first-order chi connectivity index (χ1) is 7.65. The number of imidazole rings is 1. The minimum atomic E-state index is -0.743. The molecule has 0 aliphatic heterocycles. The Morgan fingerprint density at radius 3 is 2.41 bits per heavy atom. The number of aromatic nitrogens is 2. The lowest BCUT2D eigenvalue weighted by Crippen LogP contribution is -2.27. The highest BCUT2D eigenvalue weighted by Gasteiger charge is 2.25. The van der Waals surface area contributed by atoms with Crippen LogP contribution in [0.25, 0.3) is 0 Å². The van der Waals surface area contributed by atoms with E-state index in [2.05, 4.69) is 4.98 Å². The molecule has 0 aliphatic rings. The Labute approximate surface area is 101 Å². The summed E-state index contributed by atoms with van der Waals surface area (Å²) in [4.78, 5) is 20.6. The van der Waals surface area contributed by atoms with E-state index in [-0.39, 0.29) is 0 Å². The number of hydrogen-bond acceptors (Lipinski definition) is 5. The number of rotatable bonds is 2. The fourth-order valence-corrected chi connectivity index (χ4v) is 1.11. The largest absolute Gasteiger partial charge is 0.443 e. The van der Waals surface area contributed by atoms with Gasteiger partial charge in [-0.05, 0) is 34.6 Å². The number of ether oxygens (including phenoxy) is 1. The van der Waals surface area contributed by atoms with Gasteiger partial charge >= 0.3 is 6.09 Å². The summed E-state index contributed by atoms with van der Waals surface area (Å²) in [6.45, 7) is 8.92. The smallest absolute Gasteiger partial charge is 0.419 e. The van der Waals surface area contributed by atoms with Crippen LogP contribution < -0.4 is 5.90 Å². The van der Waals surface area contributed by atoms with Gasteiger partial charge in [0.1, 0.15) is 17.5 Å². The van der Waals surface area contributed by atoms with Gasteiger partial charge in [0.25, 0.3) is 0 Å². The Morgan fingerprint density at radius 2 is 1.94 bits per heavy atom. The topological polar surface area (TPSA) is 79.4 Å². The number of carbonyl (C=O) groups is 1. The molecule has 6 heteroatoms. The third-order valence-corrected chi connectivity index (χ3v) is 2.10. The quantitative estimate of drug-likeness (QED) is 0.798. The number of nitrogens with two attached hydrogens (primary N) is 1. The molecular formula is C11H19N3O3. The van der Waals surface area contributed by atoms with Crippen molar-refractivity contribution in [1.29, 1.82) is 0 Å². The SMILES string of the molecule is CC(C)(C)OC(=O)n1cnc(C(C)(C)ON)c1. The van der Waals surface area contributed by atoms with Crippen LogP contribution in [0.1, 0.15) is 40.3 Å². The first-order valence-corrected chi connectivity index (χ1v) is 5.31. The highest BCUT2D eigenvalue weighted by Crippen LogP contribution is 2.20. The summed E-state index contributed by atoms with van der Waals surface area (Å²) in [6.07, 6.45) is 2.44. The van der Waals surface area contributed by atoms with Gasteiger partial charge in [0.2, 0.25) is 0 Å². The molecule has 0 aromatic carbocycles. The van der Waals surface area contributed by atoms with E-state index in [4.69, 9.17) is 15.5 Å². The van der Waals surface area contributed by atoms with Crippen LogP contribution in [0, 0.1) is 0 Å². The maximum atomic E-state index is 11.7. The number of hydrogen-bond donors (Lipinski definition) is 1. The Bertz CT molecular complexity index is 404. The maximum Gasteiger partial charge on any atom is 0.419 e. The molecule has 0 fully saturated rings. The van der Waals surface area contributed by atoms with Crippen LogP contribution in [0.4, 0.5) is 4.79 Å². The van der Waals surface area contributed by atoms with Crippen molar-refractivity contribution in [3.63, 3.8) is 0 Å². The summed E-state index contributed by atoms with van der Waals surface area (Å²) < 4.78 is 6.46. The molecule has 1 aromatic rings. The average molecular weight is 241 g/mol. The molecular weight excluding hydrogens is 222 g/mol. The molecule has 2 N–H and O–H groups in total. The molecule has 96 valence electrons. The van der Waals surface area contributed by atoms with Gasteiger partial charge in [0.15, 0.2) is 0 Å². The van der Waals surface area contributed by atoms with Crippen LogP contribution in [0.3, 0.4) is 0 Å². The number of carbonyl (C=O) groups excluding carboxylic acids is 1. The van der Waals surface area contributed by atoms with Gasteiger partial charge in [-0.3, -0.25) is 4.84 Å². The molecule has 0 saturated heterocycles. The van der Waals surface area contributed by atoms with Crippen LogP contribution in [-0.4, -0.2) is 21.2 Å². The molecule has 0 radical (unpaired) electrons. The molecule has 0 amide bonds. The van der Waals surface area contributed by atoms with Gasteiger partial charge in [-0.2, -0.15) is 0 Å². The fraction of sp³-hybridized carbons (Fsp3) is 0.636. The lowest BCUT2D eigenvalue weighted by Gasteiger charge is -2.20.